The summed E-state index contributed by atoms with van der Waals surface area (Å²) < 4.78 is 28.3. The molecule has 1 fully saturated rings. The highest BCUT2D eigenvalue weighted by molar-refractivity contribution is 5.74. The summed E-state index contributed by atoms with van der Waals surface area (Å²) in [6.45, 7) is 5.64. The fraction of sp³-hybridized carbons (Fsp3) is 0.582. The van der Waals surface area contributed by atoms with Gasteiger partial charge in [-0.15, -0.1) is 0 Å². The first-order valence-electron chi connectivity index (χ1n) is 29.8. The molecule has 79 heavy (non-hydrogen) atoms. The van der Waals surface area contributed by atoms with Gasteiger partial charge in [0, 0.05) is 12.8 Å². The van der Waals surface area contributed by atoms with E-state index in [1.165, 1.54) is 19.3 Å². The zero-order valence-corrected chi connectivity index (χ0v) is 48.5. The van der Waals surface area contributed by atoms with Crippen molar-refractivity contribution in [3.05, 3.63) is 146 Å². The summed E-state index contributed by atoms with van der Waals surface area (Å²) in [7, 11) is 0. The summed E-state index contributed by atoms with van der Waals surface area (Å²) in [5.74, 6) is -3.37. The molecule has 1 aliphatic heterocycles. The maximum atomic E-state index is 13.2. The second kappa shape index (κ2) is 53.3. The van der Waals surface area contributed by atoms with Crippen molar-refractivity contribution in [3.8, 4) is 0 Å². The molecular formula is C67H102O12. The largest absolute Gasteiger partial charge is 0.479 e. The molecule has 0 saturated carbocycles. The summed E-state index contributed by atoms with van der Waals surface area (Å²) in [5, 5.41) is 31.5. The molecule has 1 heterocycles. The Morgan fingerprint density at radius 1 is 0.443 bits per heavy atom. The Morgan fingerprint density at radius 3 is 1.29 bits per heavy atom. The molecule has 12 nitrogen and oxygen atoms in total. The zero-order chi connectivity index (χ0) is 57.5. The van der Waals surface area contributed by atoms with Gasteiger partial charge in [0.25, 0.3) is 0 Å². The van der Waals surface area contributed by atoms with Crippen molar-refractivity contribution in [2.24, 2.45) is 0 Å². The number of rotatable bonds is 48. The van der Waals surface area contributed by atoms with Crippen LogP contribution in [0.3, 0.4) is 0 Å². The highest BCUT2D eigenvalue weighted by Crippen LogP contribution is 2.26. The van der Waals surface area contributed by atoms with Gasteiger partial charge in [-0.25, -0.2) is 4.79 Å². The number of carboxylic acid groups (broad SMARTS) is 1. The minimum atomic E-state index is -1.95. The number of carbonyl (C=O) groups is 4. The Balaban J connectivity index is 2.78. The molecule has 0 bridgehead atoms. The van der Waals surface area contributed by atoms with Crippen LogP contribution in [-0.2, 0) is 42.9 Å². The quantitative estimate of drug-likeness (QED) is 0.0228. The Labute approximate surface area is 476 Å². The third-order valence-corrected chi connectivity index (χ3v) is 12.4. The predicted molar refractivity (Wildman–Crippen MR) is 321 cm³/mol. The van der Waals surface area contributed by atoms with Gasteiger partial charge in [0.2, 0.25) is 0 Å². The number of aliphatic hydroxyl groups excluding tert-OH is 2. The van der Waals surface area contributed by atoms with Crippen molar-refractivity contribution in [2.75, 3.05) is 13.2 Å². The van der Waals surface area contributed by atoms with E-state index in [1.807, 2.05) is 12.2 Å². The van der Waals surface area contributed by atoms with Gasteiger partial charge in [0.05, 0.1) is 13.0 Å². The summed E-state index contributed by atoms with van der Waals surface area (Å²) in [5.41, 5.74) is 0. The molecule has 6 atom stereocenters. The topological polar surface area (TPSA) is 175 Å². The van der Waals surface area contributed by atoms with Gasteiger partial charge in [0.1, 0.15) is 18.8 Å². The maximum Gasteiger partial charge on any atom is 0.335 e. The lowest BCUT2D eigenvalue weighted by Crippen LogP contribution is -2.61. The lowest BCUT2D eigenvalue weighted by molar-refractivity contribution is -0.301. The van der Waals surface area contributed by atoms with E-state index in [2.05, 4.69) is 142 Å². The van der Waals surface area contributed by atoms with E-state index in [0.717, 1.165) is 122 Å². The highest BCUT2D eigenvalue weighted by Gasteiger charge is 2.50. The number of allylic oxidation sites excluding steroid dienone is 23. The van der Waals surface area contributed by atoms with E-state index in [1.54, 1.807) is 12.2 Å². The van der Waals surface area contributed by atoms with Gasteiger partial charge in [-0.2, -0.15) is 0 Å². The highest BCUT2D eigenvalue weighted by atomic mass is 16.7. The normalized spacial score (nSPS) is 18.9. The van der Waals surface area contributed by atoms with Crippen LogP contribution in [0.5, 0.6) is 0 Å². The van der Waals surface area contributed by atoms with Gasteiger partial charge in [0.15, 0.2) is 24.6 Å². The van der Waals surface area contributed by atoms with E-state index in [4.69, 9.17) is 23.7 Å². The second-order valence-corrected chi connectivity index (χ2v) is 19.5. The van der Waals surface area contributed by atoms with Crippen molar-refractivity contribution in [1.29, 1.82) is 0 Å². The van der Waals surface area contributed by atoms with Gasteiger partial charge in [-0.1, -0.05) is 205 Å². The summed E-state index contributed by atoms with van der Waals surface area (Å²) in [4.78, 5) is 51.1. The number of aliphatic carboxylic acids is 1. The Morgan fingerprint density at radius 2 is 0.835 bits per heavy atom. The van der Waals surface area contributed by atoms with Crippen LogP contribution in [0.1, 0.15) is 201 Å². The molecule has 0 radical (unpaired) electrons. The Hall–Kier alpha value is -5.40. The van der Waals surface area contributed by atoms with Crippen LogP contribution < -0.4 is 0 Å². The van der Waals surface area contributed by atoms with Gasteiger partial charge < -0.3 is 39.0 Å². The summed E-state index contributed by atoms with van der Waals surface area (Å²) in [6.07, 6.45) is 64.1. The molecule has 3 N–H and O–H groups in total. The first-order chi connectivity index (χ1) is 38.6. The Bertz CT molecular complexity index is 1930. The van der Waals surface area contributed by atoms with Crippen molar-refractivity contribution < 1.29 is 58.2 Å². The number of carboxylic acids is 1. The molecular weight excluding hydrogens is 997 g/mol. The van der Waals surface area contributed by atoms with Crippen molar-refractivity contribution in [1.82, 2.24) is 0 Å². The molecule has 442 valence electrons. The fourth-order valence-corrected chi connectivity index (χ4v) is 7.91. The number of esters is 3. The van der Waals surface area contributed by atoms with Gasteiger partial charge in [-0.05, 0) is 122 Å². The third kappa shape index (κ3) is 43.1. The van der Waals surface area contributed by atoms with Crippen LogP contribution in [0.15, 0.2) is 146 Å². The molecule has 1 rings (SSSR count). The SMILES string of the molecule is CC/C=C\C/C=C\C/C=C\C/C=C\C/C=C\CCCCCC(=O)OCC(COC1OC(C(=O)O)C(O)C(O)C1OC(=O)C/C=C\C/C=C\C/C=C\C/C=C\C/C=C\CC)OC(=O)CCCCCCC/C=C\C/C=C\CCCCC. The van der Waals surface area contributed by atoms with E-state index >= 15 is 0 Å². The zero-order valence-electron chi connectivity index (χ0n) is 48.5. The van der Waals surface area contributed by atoms with Crippen LogP contribution >= 0.6 is 0 Å². The molecule has 1 aliphatic rings. The minimum absolute atomic E-state index is 0.120. The Kier molecular flexibility index (Phi) is 48.3. The molecule has 0 aliphatic carbocycles. The average molecular weight is 1100 g/mol. The van der Waals surface area contributed by atoms with Crippen LogP contribution in [0.25, 0.3) is 0 Å². The maximum absolute atomic E-state index is 13.2. The number of hydrogen-bond donors (Lipinski definition) is 3. The number of aliphatic hydroxyl groups is 2. The van der Waals surface area contributed by atoms with E-state index in [9.17, 15) is 34.5 Å². The molecule has 6 unspecified atom stereocenters. The molecule has 0 aromatic heterocycles. The minimum Gasteiger partial charge on any atom is -0.479 e. The fourth-order valence-electron chi connectivity index (χ4n) is 7.91. The van der Waals surface area contributed by atoms with Crippen molar-refractivity contribution in [3.63, 3.8) is 0 Å². The first kappa shape index (κ1) is 71.6. The monoisotopic (exact) mass is 1100 g/mol. The van der Waals surface area contributed by atoms with Crippen molar-refractivity contribution >= 4 is 23.9 Å². The van der Waals surface area contributed by atoms with Crippen LogP contribution in [0, 0.1) is 0 Å². The molecule has 0 amide bonds. The van der Waals surface area contributed by atoms with Crippen LogP contribution in [-0.4, -0.2) is 89.2 Å². The van der Waals surface area contributed by atoms with E-state index < -0.39 is 67.3 Å². The van der Waals surface area contributed by atoms with Gasteiger partial charge in [-0.3, -0.25) is 14.4 Å². The number of carbonyl (C=O) groups excluding carboxylic acids is 3. The predicted octanol–water partition coefficient (Wildman–Crippen LogP) is 15.6. The summed E-state index contributed by atoms with van der Waals surface area (Å²) in [6, 6.07) is 0. The first-order valence-corrected chi connectivity index (χ1v) is 29.8. The number of hydrogen-bond acceptors (Lipinski definition) is 11. The van der Waals surface area contributed by atoms with E-state index in [0.29, 0.717) is 19.3 Å². The number of unbranched alkanes of at least 4 members (excludes halogenated alkanes) is 11. The molecule has 0 aromatic carbocycles. The molecule has 0 spiro atoms. The lowest BCUT2D eigenvalue weighted by Gasteiger charge is -2.40. The van der Waals surface area contributed by atoms with Gasteiger partial charge >= 0.3 is 23.9 Å². The standard InChI is InChI=1S/C67H102O12/c1-4-7-10-13-16-19-22-25-28-29-30-31-34-35-38-41-44-47-50-53-59(68)75-56-58(77-60(69)54-51-48-45-42-39-36-32-26-23-20-17-14-11-8-5-2)57-76-67-65(63(72)62(71)64(79-67)66(73)74)78-61(70)55-52-49-46-43-40-37-33-27-24-21-18-15-12-9-6-3/h7,9-10,12,16-21,25-28,30-33,35,38,40,43,49,52,58,62-65,67,71-72H,4-6,8,11,13-15,22-24,29,34,36-37,39,41-42,44-48,50-51,53-57H2,1-3H3,(H,73,74)/b10-7-,12-9-,19-16-,20-17-,21-18-,28-25-,31-30-,32-26-,33-27-,38-35-,43-40-,52-49-. The molecule has 12 heteroatoms. The van der Waals surface area contributed by atoms with Crippen LogP contribution in [0.2, 0.25) is 0 Å². The average Bonchev–Trinajstić information content (AvgIpc) is 3.46. The van der Waals surface area contributed by atoms with Crippen LogP contribution in [0.4, 0.5) is 0 Å². The summed E-state index contributed by atoms with van der Waals surface area (Å²) >= 11 is 0. The smallest absolute Gasteiger partial charge is 0.335 e. The van der Waals surface area contributed by atoms with Crippen molar-refractivity contribution in [2.45, 2.75) is 237 Å². The second-order valence-electron chi connectivity index (χ2n) is 19.5. The van der Waals surface area contributed by atoms with E-state index in [-0.39, 0.29) is 25.9 Å². The lowest BCUT2D eigenvalue weighted by atomic mass is 9.98. The molecule has 0 aromatic rings. The molecule has 1 saturated heterocycles. The third-order valence-electron chi connectivity index (χ3n) is 12.4. The number of ether oxygens (including phenoxy) is 5.